The third-order valence-corrected chi connectivity index (χ3v) is 3.21. The molecule has 1 atom stereocenters. The summed E-state index contributed by atoms with van der Waals surface area (Å²) >= 11 is 0. The van der Waals surface area contributed by atoms with Gasteiger partial charge in [0.2, 0.25) is 0 Å². The Bertz CT molecular complexity index is 398. The molecule has 5 nitrogen and oxygen atoms in total. The lowest BCUT2D eigenvalue weighted by Crippen LogP contribution is -2.38. The van der Waals surface area contributed by atoms with Crippen LogP contribution in [0.4, 0.5) is 0 Å². The van der Waals surface area contributed by atoms with E-state index < -0.39 is 0 Å². The van der Waals surface area contributed by atoms with Gasteiger partial charge in [0, 0.05) is 44.3 Å². The number of methoxy groups -OCH3 is 1. The van der Waals surface area contributed by atoms with Gasteiger partial charge in [-0.3, -0.25) is 4.90 Å². The van der Waals surface area contributed by atoms with Crippen LogP contribution < -0.4 is 15.8 Å². The highest BCUT2D eigenvalue weighted by Crippen LogP contribution is 2.28. The molecule has 5 heteroatoms. The SMILES string of the molecule is COc1cccc(O)c1CN1CCNCC(N)C1. The second kappa shape index (κ2) is 6.04. The largest absolute Gasteiger partial charge is 0.507 e. The topological polar surface area (TPSA) is 70.8 Å². The van der Waals surface area contributed by atoms with Crippen molar-refractivity contribution in [1.82, 2.24) is 10.2 Å². The Hall–Kier alpha value is -1.30. The molecule has 0 amide bonds. The Labute approximate surface area is 108 Å². The minimum atomic E-state index is 0.129. The second-order valence-corrected chi connectivity index (χ2v) is 4.66. The van der Waals surface area contributed by atoms with Crippen LogP contribution in [0.1, 0.15) is 5.56 Å². The first-order valence-electron chi connectivity index (χ1n) is 6.24. The molecule has 0 bridgehead atoms. The number of nitrogens with zero attached hydrogens (tertiary/aromatic N) is 1. The number of nitrogens with one attached hydrogen (secondary N) is 1. The summed E-state index contributed by atoms with van der Waals surface area (Å²) < 4.78 is 5.29. The lowest BCUT2D eigenvalue weighted by Gasteiger charge is -2.23. The molecule has 1 aliphatic heterocycles. The average molecular weight is 251 g/mol. The number of phenols is 1. The molecule has 4 N–H and O–H groups in total. The van der Waals surface area contributed by atoms with E-state index in [1.807, 2.05) is 6.07 Å². The van der Waals surface area contributed by atoms with Gasteiger partial charge in [-0.25, -0.2) is 0 Å². The molecule has 1 aliphatic rings. The van der Waals surface area contributed by atoms with Crippen molar-refractivity contribution in [2.24, 2.45) is 5.73 Å². The van der Waals surface area contributed by atoms with E-state index >= 15 is 0 Å². The van der Waals surface area contributed by atoms with E-state index in [1.54, 1.807) is 19.2 Å². The fraction of sp³-hybridized carbons (Fsp3) is 0.538. The van der Waals surface area contributed by atoms with Crippen LogP contribution in [0.15, 0.2) is 18.2 Å². The molecule has 1 unspecified atom stereocenters. The monoisotopic (exact) mass is 251 g/mol. The smallest absolute Gasteiger partial charge is 0.127 e. The molecule has 1 fully saturated rings. The van der Waals surface area contributed by atoms with Crippen LogP contribution in [0, 0.1) is 0 Å². The lowest BCUT2D eigenvalue weighted by molar-refractivity contribution is 0.263. The third-order valence-electron chi connectivity index (χ3n) is 3.21. The normalized spacial score (nSPS) is 21.6. The van der Waals surface area contributed by atoms with Crippen molar-refractivity contribution in [1.29, 1.82) is 0 Å². The van der Waals surface area contributed by atoms with Gasteiger partial charge in [-0.2, -0.15) is 0 Å². The van der Waals surface area contributed by atoms with Gasteiger partial charge in [-0.05, 0) is 12.1 Å². The van der Waals surface area contributed by atoms with Crippen LogP contribution in [-0.4, -0.2) is 49.3 Å². The number of ether oxygens (including phenoxy) is 1. The zero-order valence-electron chi connectivity index (χ0n) is 10.7. The molecule has 1 aromatic carbocycles. The summed E-state index contributed by atoms with van der Waals surface area (Å²) in [7, 11) is 1.62. The van der Waals surface area contributed by atoms with Gasteiger partial charge in [-0.15, -0.1) is 0 Å². The zero-order valence-corrected chi connectivity index (χ0v) is 10.7. The summed E-state index contributed by atoms with van der Waals surface area (Å²) in [5, 5.41) is 13.2. The second-order valence-electron chi connectivity index (χ2n) is 4.66. The van der Waals surface area contributed by atoms with Crippen molar-refractivity contribution >= 4 is 0 Å². The number of hydrogen-bond acceptors (Lipinski definition) is 5. The van der Waals surface area contributed by atoms with Crippen molar-refractivity contribution in [3.8, 4) is 11.5 Å². The van der Waals surface area contributed by atoms with Gasteiger partial charge in [0.15, 0.2) is 0 Å². The molecular formula is C13H21N3O2. The van der Waals surface area contributed by atoms with Crippen molar-refractivity contribution in [2.45, 2.75) is 12.6 Å². The van der Waals surface area contributed by atoms with E-state index in [1.165, 1.54) is 0 Å². The van der Waals surface area contributed by atoms with Crippen LogP contribution in [0.3, 0.4) is 0 Å². The van der Waals surface area contributed by atoms with Crippen LogP contribution >= 0.6 is 0 Å². The fourth-order valence-electron chi connectivity index (χ4n) is 2.28. The minimum Gasteiger partial charge on any atom is -0.507 e. The Morgan fingerprint density at radius 2 is 2.39 bits per heavy atom. The van der Waals surface area contributed by atoms with E-state index in [2.05, 4.69) is 10.2 Å². The molecule has 100 valence electrons. The first-order chi connectivity index (χ1) is 8.70. The summed E-state index contributed by atoms with van der Waals surface area (Å²) in [5.74, 6) is 1.00. The van der Waals surface area contributed by atoms with Gasteiger partial charge in [0.05, 0.1) is 7.11 Å². The highest BCUT2D eigenvalue weighted by molar-refractivity contribution is 5.43. The van der Waals surface area contributed by atoms with E-state index in [-0.39, 0.29) is 11.8 Å². The van der Waals surface area contributed by atoms with Crippen molar-refractivity contribution in [3.63, 3.8) is 0 Å². The molecule has 1 saturated heterocycles. The van der Waals surface area contributed by atoms with Gasteiger partial charge < -0.3 is 20.9 Å². The number of rotatable bonds is 3. The van der Waals surface area contributed by atoms with Crippen LogP contribution in [-0.2, 0) is 6.54 Å². The lowest BCUT2D eigenvalue weighted by atomic mass is 10.1. The predicted octanol–water partition coefficient (Wildman–Crippen LogP) is 0.133. The van der Waals surface area contributed by atoms with E-state index in [0.717, 1.165) is 37.5 Å². The van der Waals surface area contributed by atoms with Gasteiger partial charge in [0.25, 0.3) is 0 Å². The molecule has 2 rings (SSSR count). The minimum absolute atomic E-state index is 0.129. The average Bonchev–Trinajstić information content (AvgIpc) is 2.56. The molecule has 1 heterocycles. The van der Waals surface area contributed by atoms with Gasteiger partial charge in [0.1, 0.15) is 11.5 Å². The van der Waals surface area contributed by atoms with Crippen LogP contribution in [0.5, 0.6) is 11.5 Å². The molecule has 18 heavy (non-hydrogen) atoms. The molecule has 0 aliphatic carbocycles. The molecule has 0 radical (unpaired) electrons. The van der Waals surface area contributed by atoms with Crippen LogP contribution in [0.25, 0.3) is 0 Å². The highest BCUT2D eigenvalue weighted by Gasteiger charge is 2.18. The Kier molecular flexibility index (Phi) is 4.41. The Morgan fingerprint density at radius 3 is 3.17 bits per heavy atom. The predicted molar refractivity (Wildman–Crippen MR) is 70.8 cm³/mol. The van der Waals surface area contributed by atoms with Crippen molar-refractivity contribution in [3.05, 3.63) is 23.8 Å². The quantitative estimate of drug-likeness (QED) is 0.712. The standard InChI is InChI=1S/C13H21N3O2/c1-18-13-4-2-3-12(17)11(13)9-16-6-5-15-7-10(14)8-16/h2-4,10,15,17H,5-9,14H2,1H3. The summed E-state index contributed by atoms with van der Waals surface area (Å²) in [5.41, 5.74) is 6.82. The maximum Gasteiger partial charge on any atom is 0.127 e. The zero-order chi connectivity index (χ0) is 13.0. The number of aromatic hydroxyl groups is 1. The van der Waals surface area contributed by atoms with E-state index in [9.17, 15) is 5.11 Å². The molecule has 0 aromatic heterocycles. The number of nitrogens with two attached hydrogens (primary N) is 1. The molecular weight excluding hydrogens is 230 g/mol. The third kappa shape index (κ3) is 3.13. The molecule has 0 spiro atoms. The summed E-state index contributed by atoms with van der Waals surface area (Å²) in [6.07, 6.45) is 0. The van der Waals surface area contributed by atoms with Gasteiger partial charge in [-0.1, -0.05) is 6.07 Å². The fourth-order valence-corrected chi connectivity index (χ4v) is 2.28. The van der Waals surface area contributed by atoms with E-state index in [0.29, 0.717) is 6.54 Å². The van der Waals surface area contributed by atoms with Crippen molar-refractivity contribution < 1.29 is 9.84 Å². The van der Waals surface area contributed by atoms with Gasteiger partial charge >= 0.3 is 0 Å². The summed E-state index contributed by atoms with van der Waals surface area (Å²) in [6, 6.07) is 5.47. The Balaban J connectivity index is 2.12. The summed E-state index contributed by atoms with van der Waals surface area (Å²) in [6.45, 7) is 4.17. The highest BCUT2D eigenvalue weighted by atomic mass is 16.5. The van der Waals surface area contributed by atoms with Crippen LogP contribution in [0.2, 0.25) is 0 Å². The van der Waals surface area contributed by atoms with E-state index in [4.69, 9.17) is 10.5 Å². The molecule has 1 aromatic rings. The first-order valence-corrected chi connectivity index (χ1v) is 6.24. The Morgan fingerprint density at radius 1 is 1.56 bits per heavy atom. The first kappa shape index (κ1) is 13.1. The number of benzene rings is 1. The number of phenolic OH excluding ortho intramolecular Hbond substituents is 1. The number of hydrogen-bond donors (Lipinski definition) is 3. The van der Waals surface area contributed by atoms with Crippen molar-refractivity contribution in [2.75, 3.05) is 33.3 Å². The molecule has 0 saturated carbocycles. The maximum absolute atomic E-state index is 9.94. The maximum atomic E-state index is 9.94. The summed E-state index contributed by atoms with van der Waals surface area (Å²) in [4.78, 5) is 2.24.